The summed E-state index contributed by atoms with van der Waals surface area (Å²) in [5.41, 5.74) is 1.57. The molecule has 3 rings (SSSR count). The van der Waals surface area contributed by atoms with Crippen molar-refractivity contribution in [1.29, 1.82) is 0 Å². The molecule has 0 radical (unpaired) electrons. The first-order valence-electron chi connectivity index (χ1n) is 8.27. The predicted octanol–water partition coefficient (Wildman–Crippen LogP) is 2.39. The van der Waals surface area contributed by atoms with Crippen LogP contribution in [0.5, 0.6) is 0 Å². The zero-order valence-corrected chi connectivity index (χ0v) is 13.8. The van der Waals surface area contributed by atoms with Crippen molar-refractivity contribution in [2.24, 2.45) is 0 Å². The van der Waals surface area contributed by atoms with E-state index in [1.807, 2.05) is 37.3 Å². The number of carbonyl (C=O) groups is 1. The molecule has 0 bridgehead atoms. The molecule has 1 amide bonds. The molecule has 1 aliphatic carbocycles. The summed E-state index contributed by atoms with van der Waals surface area (Å²) < 4.78 is 0. The molecule has 0 atom stereocenters. The first-order chi connectivity index (χ1) is 11.5. The smallest absolute Gasteiger partial charge is 0.261 e. The number of hydrogen-bond donors (Lipinski definition) is 3. The molecule has 1 fully saturated rings. The number of aromatic amines is 1. The Balaban J connectivity index is 1.96. The molecule has 0 unspecified atom stereocenters. The molecule has 0 saturated heterocycles. The summed E-state index contributed by atoms with van der Waals surface area (Å²) >= 11 is 0. The van der Waals surface area contributed by atoms with Crippen LogP contribution in [0.4, 0.5) is 0 Å². The van der Waals surface area contributed by atoms with Gasteiger partial charge in [0, 0.05) is 11.3 Å². The van der Waals surface area contributed by atoms with Crippen molar-refractivity contribution in [3.05, 3.63) is 58.0 Å². The van der Waals surface area contributed by atoms with Crippen LogP contribution in [0.2, 0.25) is 0 Å². The Hall–Kier alpha value is -2.40. The van der Waals surface area contributed by atoms with E-state index in [9.17, 15) is 14.7 Å². The third-order valence-corrected chi connectivity index (χ3v) is 4.81. The number of pyridine rings is 1. The van der Waals surface area contributed by atoms with E-state index in [2.05, 4.69) is 10.3 Å². The molecule has 0 spiro atoms. The van der Waals surface area contributed by atoms with Crippen molar-refractivity contribution < 1.29 is 9.90 Å². The van der Waals surface area contributed by atoms with Crippen LogP contribution in [-0.4, -0.2) is 28.1 Å². The maximum Gasteiger partial charge on any atom is 0.261 e. The minimum absolute atomic E-state index is 0.0826. The van der Waals surface area contributed by atoms with Crippen molar-refractivity contribution in [1.82, 2.24) is 10.3 Å². The number of hydrogen-bond acceptors (Lipinski definition) is 3. The summed E-state index contributed by atoms with van der Waals surface area (Å²) in [4.78, 5) is 27.7. The van der Waals surface area contributed by atoms with Gasteiger partial charge in [-0.05, 0) is 31.4 Å². The molecular weight excluding hydrogens is 304 g/mol. The molecule has 24 heavy (non-hydrogen) atoms. The fourth-order valence-corrected chi connectivity index (χ4v) is 3.39. The minimum atomic E-state index is -0.596. The lowest BCUT2D eigenvalue weighted by Gasteiger charge is -2.27. The van der Waals surface area contributed by atoms with Gasteiger partial charge in [0.15, 0.2) is 0 Å². The van der Waals surface area contributed by atoms with Crippen LogP contribution >= 0.6 is 0 Å². The zero-order valence-electron chi connectivity index (χ0n) is 13.8. The highest BCUT2D eigenvalue weighted by Crippen LogP contribution is 2.29. The van der Waals surface area contributed by atoms with Gasteiger partial charge in [-0.1, -0.05) is 43.2 Å². The molecule has 3 N–H and O–H groups in total. The van der Waals surface area contributed by atoms with Crippen LogP contribution in [-0.2, 0) is 0 Å². The number of aromatic nitrogens is 1. The Bertz CT molecular complexity index is 790. The summed E-state index contributed by atoms with van der Waals surface area (Å²) in [7, 11) is 0. The molecule has 1 aromatic heterocycles. The Morgan fingerprint density at radius 1 is 1.25 bits per heavy atom. The summed E-state index contributed by atoms with van der Waals surface area (Å²) in [6.45, 7) is 1.71. The topological polar surface area (TPSA) is 82.2 Å². The Morgan fingerprint density at radius 2 is 1.92 bits per heavy atom. The number of aliphatic hydroxyl groups is 1. The van der Waals surface area contributed by atoms with Gasteiger partial charge >= 0.3 is 0 Å². The third-order valence-electron chi connectivity index (χ3n) is 4.81. The molecule has 1 aliphatic rings. The molecule has 1 aromatic carbocycles. The van der Waals surface area contributed by atoms with Crippen molar-refractivity contribution in [2.75, 3.05) is 6.61 Å². The average molecular weight is 326 g/mol. The SMILES string of the molecule is Cc1[nH]c(=O)c(C(=O)NC2(CO)CCCC2)cc1-c1ccccc1. The van der Waals surface area contributed by atoms with Gasteiger partial charge in [-0.25, -0.2) is 0 Å². The van der Waals surface area contributed by atoms with E-state index in [1.165, 1.54) is 0 Å². The molecule has 0 aliphatic heterocycles. The van der Waals surface area contributed by atoms with Gasteiger partial charge in [0.05, 0.1) is 12.1 Å². The summed E-state index contributed by atoms with van der Waals surface area (Å²) in [6.07, 6.45) is 3.43. The van der Waals surface area contributed by atoms with Crippen LogP contribution in [0.25, 0.3) is 11.1 Å². The number of benzene rings is 1. The maximum atomic E-state index is 12.6. The monoisotopic (exact) mass is 326 g/mol. The predicted molar refractivity (Wildman–Crippen MR) is 93.0 cm³/mol. The zero-order chi connectivity index (χ0) is 17.2. The van der Waals surface area contributed by atoms with E-state index in [1.54, 1.807) is 6.07 Å². The van der Waals surface area contributed by atoms with Crippen LogP contribution in [0.1, 0.15) is 41.7 Å². The lowest BCUT2D eigenvalue weighted by Crippen LogP contribution is -2.50. The first kappa shape index (κ1) is 16.5. The molecule has 2 aromatic rings. The quantitative estimate of drug-likeness (QED) is 0.807. The Labute approximate surface area is 140 Å². The average Bonchev–Trinajstić information content (AvgIpc) is 3.04. The fraction of sp³-hybridized carbons (Fsp3) is 0.368. The number of rotatable bonds is 4. The van der Waals surface area contributed by atoms with Crippen molar-refractivity contribution in [3.63, 3.8) is 0 Å². The lowest BCUT2D eigenvalue weighted by atomic mass is 9.97. The first-order valence-corrected chi connectivity index (χ1v) is 8.27. The highest BCUT2D eigenvalue weighted by Gasteiger charge is 2.35. The highest BCUT2D eigenvalue weighted by atomic mass is 16.3. The van der Waals surface area contributed by atoms with Crippen LogP contribution < -0.4 is 10.9 Å². The van der Waals surface area contributed by atoms with E-state index in [-0.39, 0.29) is 12.2 Å². The van der Waals surface area contributed by atoms with E-state index in [0.29, 0.717) is 0 Å². The second-order valence-electron chi connectivity index (χ2n) is 6.52. The lowest BCUT2D eigenvalue weighted by molar-refractivity contribution is 0.0837. The molecule has 1 saturated carbocycles. The van der Waals surface area contributed by atoms with E-state index >= 15 is 0 Å². The van der Waals surface area contributed by atoms with Crippen molar-refractivity contribution >= 4 is 5.91 Å². The molecular formula is C19H22N2O3. The summed E-state index contributed by atoms with van der Waals surface area (Å²) in [5, 5.41) is 12.5. The number of carbonyl (C=O) groups excluding carboxylic acids is 1. The Kier molecular flexibility index (Phi) is 4.53. The molecule has 5 heteroatoms. The number of aliphatic hydroxyl groups excluding tert-OH is 1. The summed E-state index contributed by atoms with van der Waals surface area (Å²) in [6, 6.07) is 11.3. The number of nitrogens with one attached hydrogen (secondary N) is 2. The maximum absolute atomic E-state index is 12.6. The number of amides is 1. The normalized spacial score (nSPS) is 16.1. The van der Waals surface area contributed by atoms with Crippen molar-refractivity contribution in [2.45, 2.75) is 38.1 Å². The van der Waals surface area contributed by atoms with Crippen molar-refractivity contribution in [3.8, 4) is 11.1 Å². The highest BCUT2D eigenvalue weighted by molar-refractivity contribution is 5.95. The third kappa shape index (κ3) is 3.12. The molecule has 1 heterocycles. The fourth-order valence-electron chi connectivity index (χ4n) is 3.39. The standard InChI is InChI=1S/C19H22N2O3/c1-13-15(14-7-3-2-4-8-14)11-16(17(23)20-13)18(24)21-19(12-22)9-5-6-10-19/h2-4,7-8,11,22H,5-6,9-10,12H2,1H3,(H,20,23)(H,21,24). The van der Waals surface area contributed by atoms with Gasteiger partial charge in [0.25, 0.3) is 11.5 Å². The largest absolute Gasteiger partial charge is 0.394 e. The Morgan fingerprint density at radius 3 is 2.54 bits per heavy atom. The summed E-state index contributed by atoms with van der Waals surface area (Å²) in [5.74, 6) is -0.426. The second-order valence-corrected chi connectivity index (χ2v) is 6.52. The van der Waals surface area contributed by atoms with Gasteiger partial charge in [0.2, 0.25) is 0 Å². The second kappa shape index (κ2) is 6.61. The van der Waals surface area contributed by atoms with Gasteiger partial charge in [0.1, 0.15) is 5.56 Å². The van der Waals surface area contributed by atoms with Crippen LogP contribution in [0.3, 0.4) is 0 Å². The van der Waals surface area contributed by atoms with Crippen LogP contribution in [0.15, 0.2) is 41.2 Å². The van der Waals surface area contributed by atoms with E-state index < -0.39 is 17.0 Å². The van der Waals surface area contributed by atoms with Crippen LogP contribution in [0, 0.1) is 6.92 Å². The van der Waals surface area contributed by atoms with Gasteiger partial charge in [-0.2, -0.15) is 0 Å². The molecule has 5 nitrogen and oxygen atoms in total. The molecule has 126 valence electrons. The minimum Gasteiger partial charge on any atom is -0.394 e. The van der Waals surface area contributed by atoms with Gasteiger partial charge in [-0.3, -0.25) is 9.59 Å². The van der Waals surface area contributed by atoms with E-state index in [0.717, 1.165) is 42.5 Å². The number of aryl methyl sites for hydroxylation is 1. The number of H-pyrrole nitrogens is 1. The van der Waals surface area contributed by atoms with E-state index in [4.69, 9.17) is 0 Å². The van der Waals surface area contributed by atoms with Gasteiger partial charge < -0.3 is 15.4 Å². The van der Waals surface area contributed by atoms with Gasteiger partial charge in [-0.15, -0.1) is 0 Å².